The molecule has 1 heterocycles. The summed E-state index contributed by atoms with van der Waals surface area (Å²) in [4.78, 5) is 2.59. The van der Waals surface area contributed by atoms with Crippen LogP contribution in [0.25, 0.3) is 0 Å². The summed E-state index contributed by atoms with van der Waals surface area (Å²) in [7, 11) is -3.50. The molecule has 3 rings (SSSR count). The second-order valence-electron chi connectivity index (χ2n) is 7.08. The zero-order chi connectivity index (χ0) is 19.8. The van der Waals surface area contributed by atoms with Crippen molar-refractivity contribution in [2.45, 2.75) is 25.7 Å². The summed E-state index contributed by atoms with van der Waals surface area (Å²) in [5.41, 5.74) is 9.87. The Kier molecular flexibility index (Phi) is 5.26. The van der Waals surface area contributed by atoms with Gasteiger partial charge in [-0.05, 0) is 56.2 Å². The number of nitrogen functional groups attached to an aromatic ring is 1. The van der Waals surface area contributed by atoms with E-state index in [1.165, 1.54) is 0 Å². The molecule has 1 aliphatic rings. The van der Waals surface area contributed by atoms with Gasteiger partial charge in [0.1, 0.15) is 5.84 Å². The largest absolute Gasteiger partial charge is 0.384 e. The molecule has 0 amide bonds. The summed E-state index contributed by atoms with van der Waals surface area (Å²) in [5.74, 6) is 0.0429. The van der Waals surface area contributed by atoms with Crippen LogP contribution >= 0.6 is 0 Å². The minimum absolute atomic E-state index is 0.0429. The number of anilines is 1. The third-order valence-electron chi connectivity index (χ3n) is 4.98. The molecule has 0 atom stereocenters. The zero-order valence-electron chi connectivity index (χ0n) is 16.0. The van der Waals surface area contributed by atoms with Crippen LogP contribution in [0.5, 0.6) is 0 Å². The van der Waals surface area contributed by atoms with Crippen LogP contribution < -0.4 is 10.6 Å². The van der Waals surface area contributed by atoms with E-state index >= 15 is 0 Å². The first-order chi connectivity index (χ1) is 12.7. The number of rotatable bonds is 4. The second kappa shape index (κ2) is 7.32. The van der Waals surface area contributed by atoms with Gasteiger partial charge in [0.25, 0.3) is 0 Å². The Labute approximate surface area is 161 Å². The van der Waals surface area contributed by atoms with Crippen LogP contribution in [0.1, 0.15) is 22.3 Å². The van der Waals surface area contributed by atoms with Crippen LogP contribution in [0.15, 0.2) is 41.3 Å². The summed E-state index contributed by atoms with van der Waals surface area (Å²) in [5, 5.41) is 7.47. The highest BCUT2D eigenvalue weighted by Gasteiger charge is 2.31. The minimum Gasteiger partial charge on any atom is -0.384 e. The third-order valence-corrected chi connectivity index (χ3v) is 7.19. The molecule has 1 aliphatic heterocycles. The zero-order valence-corrected chi connectivity index (χ0v) is 16.8. The van der Waals surface area contributed by atoms with Gasteiger partial charge in [0.05, 0.1) is 4.90 Å². The number of aryl methyl sites for hydroxylation is 3. The van der Waals surface area contributed by atoms with Gasteiger partial charge in [0.2, 0.25) is 10.0 Å². The molecular weight excluding hydrogens is 360 g/mol. The number of hydrogen-bond acceptors (Lipinski definition) is 4. The van der Waals surface area contributed by atoms with Crippen molar-refractivity contribution < 1.29 is 8.42 Å². The summed E-state index contributed by atoms with van der Waals surface area (Å²) in [6.45, 7) is 7.85. The first kappa shape index (κ1) is 19.4. The van der Waals surface area contributed by atoms with Crippen molar-refractivity contribution in [3.05, 3.63) is 58.7 Å². The van der Waals surface area contributed by atoms with Crippen molar-refractivity contribution in [3.8, 4) is 0 Å². The van der Waals surface area contributed by atoms with Gasteiger partial charge in [-0.3, -0.25) is 5.41 Å². The predicted octanol–water partition coefficient (Wildman–Crippen LogP) is 2.41. The molecular formula is C20H26N4O2S. The lowest BCUT2D eigenvalue weighted by molar-refractivity contribution is 0.384. The fourth-order valence-corrected chi connectivity index (χ4v) is 5.58. The van der Waals surface area contributed by atoms with Crippen LogP contribution in [0.3, 0.4) is 0 Å². The van der Waals surface area contributed by atoms with Gasteiger partial charge in [0.15, 0.2) is 0 Å². The van der Waals surface area contributed by atoms with Crippen LogP contribution in [-0.2, 0) is 10.0 Å². The fraction of sp³-hybridized carbons (Fsp3) is 0.350. The number of amidine groups is 1. The highest BCUT2D eigenvalue weighted by atomic mass is 32.2. The number of hydrogen-bond donors (Lipinski definition) is 2. The van der Waals surface area contributed by atoms with Crippen molar-refractivity contribution in [2.24, 2.45) is 5.73 Å². The van der Waals surface area contributed by atoms with Crippen LogP contribution in [0, 0.1) is 26.2 Å². The van der Waals surface area contributed by atoms with Gasteiger partial charge in [-0.15, -0.1) is 0 Å². The van der Waals surface area contributed by atoms with E-state index in [0.29, 0.717) is 36.6 Å². The van der Waals surface area contributed by atoms with Gasteiger partial charge < -0.3 is 10.6 Å². The molecule has 1 fully saturated rings. The van der Waals surface area contributed by atoms with Crippen LogP contribution in [0.2, 0.25) is 0 Å². The highest BCUT2D eigenvalue weighted by Crippen LogP contribution is 2.27. The normalized spacial score (nSPS) is 15.7. The Balaban J connectivity index is 1.76. The Morgan fingerprint density at radius 1 is 0.963 bits per heavy atom. The number of sulfonamides is 1. The smallest absolute Gasteiger partial charge is 0.243 e. The average Bonchev–Trinajstić information content (AvgIpc) is 2.61. The van der Waals surface area contributed by atoms with Crippen molar-refractivity contribution >= 4 is 21.5 Å². The molecule has 2 aromatic carbocycles. The lowest BCUT2D eigenvalue weighted by Gasteiger charge is -2.36. The minimum atomic E-state index is -3.50. The molecule has 0 aromatic heterocycles. The highest BCUT2D eigenvalue weighted by molar-refractivity contribution is 7.89. The average molecular weight is 387 g/mol. The fourth-order valence-electron chi connectivity index (χ4n) is 3.74. The molecule has 0 aliphatic carbocycles. The Morgan fingerprint density at radius 2 is 1.48 bits per heavy atom. The summed E-state index contributed by atoms with van der Waals surface area (Å²) in [6, 6.07) is 11.3. The lowest BCUT2D eigenvalue weighted by Crippen LogP contribution is -2.48. The van der Waals surface area contributed by atoms with Gasteiger partial charge in [-0.25, -0.2) is 8.42 Å². The first-order valence-electron chi connectivity index (χ1n) is 8.97. The molecule has 0 unspecified atom stereocenters. The Hall–Kier alpha value is -2.38. The summed E-state index contributed by atoms with van der Waals surface area (Å²) in [6.07, 6.45) is 0. The number of nitrogens with two attached hydrogens (primary N) is 1. The molecule has 27 heavy (non-hydrogen) atoms. The topological polar surface area (TPSA) is 90.5 Å². The molecule has 2 aromatic rings. The van der Waals surface area contributed by atoms with E-state index in [9.17, 15) is 8.42 Å². The number of benzene rings is 2. The second-order valence-corrected chi connectivity index (χ2v) is 8.95. The molecule has 6 nitrogen and oxygen atoms in total. The number of piperazine rings is 1. The molecule has 1 saturated heterocycles. The first-order valence-corrected chi connectivity index (χ1v) is 10.4. The van der Waals surface area contributed by atoms with E-state index in [0.717, 1.165) is 22.4 Å². The molecule has 144 valence electrons. The number of nitrogens with zero attached hydrogens (tertiary/aromatic N) is 2. The molecule has 7 heteroatoms. The Bertz CT molecular complexity index is 937. The third kappa shape index (κ3) is 3.84. The van der Waals surface area contributed by atoms with Crippen molar-refractivity contribution in [1.82, 2.24) is 4.31 Å². The van der Waals surface area contributed by atoms with E-state index in [-0.39, 0.29) is 5.84 Å². The van der Waals surface area contributed by atoms with Crippen LogP contribution in [-0.4, -0.2) is 44.7 Å². The van der Waals surface area contributed by atoms with E-state index in [1.54, 1.807) is 4.31 Å². The lowest BCUT2D eigenvalue weighted by atomic mass is 10.1. The molecule has 3 N–H and O–H groups in total. The van der Waals surface area contributed by atoms with Crippen LogP contribution in [0.4, 0.5) is 5.69 Å². The summed E-state index contributed by atoms with van der Waals surface area (Å²) < 4.78 is 27.9. The Morgan fingerprint density at radius 3 is 1.96 bits per heavy atom. The van der Waals surface area contributed by atoms with E-state index < -0.39 is 10.0 Å². The summed E-state index contributed by atoms with van der Waals surface area (Å²) >= 11 is 0. The molecule has 0 radical (unpaired) electrons. The number of nitrogens with one attached hydrogen (secondary N) is 1. The quantitative estimate of drug-likeness (QED) is 0.624. The van der Waals surface area contributed by atoms with Gasteiger partial charge in [-0.1, -0.05) is 17.7 Å². The van der Waals surface area contributed by atoms with E-state index in [4.69, 9.17) is 11.1 Å². The van der Waals surface area contributed by atoms with Crippen molar-refractivity contribution in [3.63, 3.8) is 0 Å². The maximum absolute atomic E-state index is 13.2. The molecule has 0 saturated carbocycles. The van der Waals surface area contributed by atoms with E-state index in [1.807, 2.05) is 57.2 Å². The van der Waals surface area contributed by atoms with Gasteiger partial charge >= 0.3 is 0 Å². The van der Waals surface area contributed by atoms with Crippen molar-refractivity contribution in [2.75, 3.05) is 31.1 Å². The SMILES string of the molecule is Cc1cc(C)c(S(=O)(=O)N2CCN(c3ccc(C(=N)N)cc3)CC2)c(C)c1. The van der Waals surface area contributed by atoms with E-state index in [2.05, 4.69) is 4.90 Å². The van der Waals surface area contributed by atoms with Crippen molar-refractivity contribution in [1.29, 1.82) is 5.41 Å². The maximum Gasteiger partial charge on any atom is 0.243 e. The van der Waals surface area contributed by atoms with Gasteiger partial charge in [0, 0.05) is 37.4 Å². The maximum atomic E-state index is 13.2. The molecule has 0 bridgehead atoms. The standard InChI is InChI=1S/C20H26N4O2S/c1-14-12-15(2)19(16(3)13-14)27(25,26)24-10-8-23(9-11-24)18-6-4-17(5-7-18)20(21)22/h4-7,12-13H,8-11H2,1-3H3,(H3,21,22). The van der Waals surface area contributed by atoms with Gasteiger partial charge in [-0.2, -0.15) is 4.31 Å². The molecule has 0 spiro atoms. The monoisotopic (exact) mass is 386 g/mol. The predicted molar refractivity (Wildman–Crippen MR) is 109 cm³/mol.